The maximum atomic E-state index is 11.9. The standard InChI is InChI=1S/C29H60NO5P/c1-5-7-8-9-10-11-12-13-14-15-16-17-18-20-23-33-26-28(25-29(31)6-2)27-35-36(32)34-24-21-19-22-30(3)4/h28,32H,5-27H2,1-4H3. The van der Waals surface area contributed by atoms with Crippen molar-refractivity contribution in [2.24, 2.45) is 5.92 Å². The number of nitrogens with zero attached hydrogens (tertiary/aromatic N) is 1. The van der Waals surface area contributed by atoms with E-state index in [0.29, 0.717) is 32.7 Å². The number of hydrogen-bond donors (Lipinski definition) is 1. The number of hydrogen-bond acceptors (Lipinski definition) is 6. The lowest BCUT2D eigenvalue weighted by Gasteiger charge is -2.18. The molecule has 0 amide bonds. The van der Waals surface area contributed by atoms with Crippen LogP contribution in [0.2, 0.25) is 0 Å². The molecule has 216 valence electrons. The van der Waals surface area contributed by atoms with Gasteiger partial charge in [-0.15, -0.1) is 0 Å². The van der Waals surface area contributed by atoms with Crippen LogP contribution in [0.4, 0.5) is 0 Å². The minimum absolute atomic E-state index is 0.0291. The summed E-state index contributed by atoms with van der Waals surface area (Å²) in [7, 11) is 2.19. The van der Waals surface area contributed by atoms with E-state index in [4.69, 9.17) is 13.8 Å². The Kier molecular flexibility index (Phi) is 27.8. The van der Waals surface area contributed by atoms with Gasteiger partial charge in [-0.3, -0.25) is 4.79 Å². The molecule has 0 aliphatic heterocycles. The number of rotatable bonds is 29. The third-order valence-corrected chi connectivity index (χ3v) is 7.30. The van der Waals surface area contributed by atoms with Crippen LogP contribution >= 0.6 is 8.60 Å². The average molecular weight is 534 g/mol. The fraction of sp³-hybridized carbons (Fsp3) is 0.966. The Morgan fingerprint density at radius 2 is 1.25 bits per heavy atom. The van der Waals surface area contributed by atoms with Crippen molar-refractivity contribution in [3.8, 4) is 0 Å². The van der Waals surface area contributed by atoms with Gasteiger partial charge in [-0.1, -0.05) is 97.3 Å². The summed E-state index contributed by atoms with van der Waals surface area (Å²) in [5, 5.41) is 0. The number of carbonyl (C=O) groups excluding carboxylic acids is 1. The topological polar surface area (TPSA) is 68.2 Å². The molecule has 0 fully saturated rings. The molecule has 0 heterocycles. The van der Waals surface area contributed by atoms with Crippen LogP contribution in [0.5, 0.6) is 0 Å². The van der Waals surface area contributed by atoms with Crippen molar-refractivity contribution in [2.75, 3.05) is 47.1 Å². The van der Waals surface area contributed by atoms with Gasteiger partial charge >= 0.3 is 8.60 Å². The highest BCUT2D eigenvalue weighted by Crippen LogP contribution is 2.34. The summed E-state index contributed by atoms with van der Waals surface area (Å²) in [5.74, 6) is 0.175. The molecule has 2 atom stereocenters. The first-order chi connectivity index (χ1) is 17.5. The number of ether oxygens (including phenoxy) is 1. The molecule has 0 radical (unpaired) electrons. The van der Waals surface area contributed by atoms with E-state index in [1.807, 2.05) is 21.0 Å². The van der Waals surface area contributed by atoms with Crippen molar-refractivity contribution in [3.63, 3.8) is 0 Å². The molecule has 0 aromatic rings. The summed E-state index contributed by atoms with van der Waals surface area (Å²) >= 11 is 0. The molecule has 0 saturated carbocycles. The molecule has 1 N–H and O–H groups in total. The van der Waals surface area contributed by atoms with Crippen LogP contribution in [0.3, 0.4) is 0 Å². The normalized spacial score (nSPS) is 13.4. The van der Waals surface area contributed by atoms with E-state index in [1.54, 1.807) is 0 Å². The lowest BCUT2D eigenvalue weighted by Crippen LogP contribution is -2.19. The van der Waals surface area contributed by atoms with Crippen molar-refractivity contribution >= 4 is 14.4 Å². The van der Waals surface area contributed by atoms with Crippen molar-refractivity contribution in [3.05, 3.63) is 0 Å². The van der Waals surface area contributed by atoms with E-state index in [-0.39, 0.29) is 11.7 Å². The molecule has 36 heavy (non-hydrogen) atoms. The minimum Gasteiger partial charge on any atom is -0.381 e. The molecule has 0 saturated heterocycles. The molecule has 7 heteroatoms. The number of carbonyl (C=O) groups is 1. The lowest BCUT2D eigenvalue weighted by molar-refractivity contribution is -0.120. The van der Waals surface area contributed by atoms with Crippen molar-refractivity contribution in [2.45, 2.75) is 129 Å². The highest BCUT2D eigenvalue weighted by molar-refractivity contribution is 7.40. The molecule has 0 bridgehead atoms. The number of unbranched alkanes of at least 4 members (excludes halogenated alkanes) is 14. The molecule has 0 aliphatic rings. The van der Waals surface area contributed by atoms with Crippen LogP contribution in [0.25, 0.3) is 0 Å². The van der Waals surface area contributed by atoms with E-state index in [9.17, 15) is 9.69 Å². The Bertz CT molecular complexity index is 467. The third-order valence-electron chi connectivity index (χ3n) is 6.53. The molecular formula is C29H60NO5P. The smallest absolute Gasteiger partial charge is 0.329 e. The zero-order chi connectivity index (χ0) is 26.7. The van der Waals surface area contributed by atoms with Crippen LogP contribution in [0.1, 0.15) is 129 Å². The molecule has 0 aromatic carbocycles. The van der Waals surface area contributed by atoms with Gasteiger partial charge in [-0.2, -0.15) is 0 Å². The fourth-order valence-corrected chi connectivity index (χ4v) is 4.86. The first-order valence-corrected chi connectivity index (χ1v) is 16.1. The second-order valence-electron chi connectivity index (χ2n) is 10.5. The van der Waals surface area contributed by atoms with Crippen molar-refractivity contribution in [1.82, 2.24) is 4.90 Å². The Morgan fingerprint density at radius 3 is 1.78 bits per heavy atom. The minimum atomic E-state index is -1.89. The van der Waals surface area contributed by atoms with E-state index >= 15 is 0 Å². The maximum absolute atomic E-state index is 11.9. The summed E-state index contributed by atoms with van der Waals surface area (Å²) < 4.78 is 16.8. The van der Waals surface area contributed by atoms with Gasteiger partial charge in [-0.25, -0.2) is 0 Å². The summed E-state index contributed by atoms with van der Waals surface area (Å²) in [6.45, 7) is 7.17. The lowest BCUT2D eigenvalue weighted by atomic mass is 10.0. The first kappa shape index (κ1) is 35.9. The second-order valence-corrected chi connectivity index (χ2v) is 11.5. The Morgan fingerprint density at radius 1 is 0.722 bits per heavy atom. The van der Waals surface area contributed by atoms with Gasteiger partial charge in [0.05, 0.1) is 19.8 Å². The van der Waals surface area contributed by atoms with Gasteiger partial charge in [0.25, 0.3) is 0 Å². The molecule has 6 nitrogen and oxygen atoms in total. The van der Waals surface area contributed by atoms with Gasteiger partial charge in [0.1, 0.15) is 5.78 Å². The van der Waals surface area contributed by atoms with Crippen LogP contribution in [-0.2, 0) is 18.6 Å². The van der Waals surface area contributed by atoms with Gasteiger partial charge in [0, 0.05) is 25.4 Å². The second kappa shape index (κ2) is 27.9. The van der Waals surface area contributed by atoms with E-state index < -0.39 is 8.60 Å². The predicted octanol–water partition coefficient (Wildman–Crippen LogP) is 8.06. The SMILES string of the molecule is CCCCCCCCCCCCCCCCOCC(COP(O)OCCCCN(C)C)CC(=O)CC. The molecule has 0 aliphatic carbocycles. The number of Topliss-reactive ketones (excluding diaryl/α,β-unsaturated/α-hetero) is 1. The average Bonchev–Trinajstić information content (AvgIpc) is 2.86. The first-order valence-electron chi connectivity index (χ1n) is 15.0. The summed E-state index contributed by atoms with van der Waals surface area (Å²) in [5.41, 5.74) is 0. The van der Waals surface area contributed by atoms with Crippen molar-refractivity contribution < 1.29 is 23.5 Å². The molecule has 0 aromatic heterocycles. The monoisotopic (exact) mass is 533 g/mol. The van der Waals surface area contributed by atoms with Crippen LogP contribution in [0, 0.1) is 5.92 Å². The molecule has 0 spiro atoms. The van der Waals surface area contributed by atoms with E-state index in [1.165, 1.54) is 83.5 Å². The Hall–Kier alpha value is -0.100. The van der Waals surface area contributed by atoms with E-state index in [2.05, 4.69) is 11.8 Å². The highest BCUT2D eigenvalue weighted by atomic mass is 31.2. The summed E-state index contributed by atoms with van der Waals surface area (Å²) in [6, 6.07) is 0. The third kappa shape index (κ3) is 26.9. The zero-order valence-electron chi connectivity index (χ0n) is 24.3. The van der Waals surface area contributed by atoms with Gasteiger partial charge in [-0.05, 0) is 39.9 Å². The van der Waals surface area contributed by atoms with Gasteiger partial charge in [0.15, 0.2) is 0 Å². The largest absolute Gasteiger partial charge is 0.381 e. The predicted molar refractivity (Wildman–Crippen MR) is 153 cm³/mol. The molecule has 2 unspecified atom stereocenters. The van der Waals surface area contributed by atoms with Gasteiger partial charge in [0.2, 0.25) is 0 Å². The Labute approximate surface area is 225 Å². The van der Waals surface area contributed by atoms with Crippen molar-refractivity contribution in [1.29, 1.82) is 0 Å². The van der Waals surface area contributed by atoms with Crippen LogP contribution < -0.4 is 0 Å². The molecular weight excluding hydrogens is 473 g/mol. The maximum Gasteiger partial charge on any atom is 0.329 e. The Balaban J connectivity index is 3.71. The van der Waals surface area contributed by atoms with Gasteiger partial charge < -0.3 is 23.6 Å². The fourth-order valence-electron chi connectivity index (χ4n) is 4.16. The van der Waals surface area contributed by atoms with Crippen LogP contribution in [-0.4, -0.2) is 62.6 Å². The number of ketones is 1. The van der Waals surface area contributed by atoms with Crippen LogP contribution in [0.15, 0.2) is 0 Å². The molecule has 0 rings (SSSR count). The summed E-state index contributed by atoms with van der Waals surface area (Å²) in [6.07, 6.45) is 21.7. The highest BCUT2D eigenvalue weighted by Gasteiger charge is 2.17. The zero-order valence-corrected chi connectivity index (χ0v) is 25.2. The van der Waals surface area contributed by atoms with E-state index in [0.717, 1.165) is 32.4 Å². The summed E-state index contributed by atoms with van der Waals surface area (Å²) in [4.78, 5) is 24.1. The quantitative estimate of drug-likeness (QED) is 0.0774.